The number of hydrogen-bond acceptors (Lipinski definition) is 7. The summed E-state index contributed by atoms with van der Waals surface area (Å²) in [5.41, 5.74) is 10.4. The Morgan fingerprint density at radius 3 is 2.58 bits per heavy atom. The van der Waals surface area contributed by atoms with E-state index in [-0.39, 0.29) is 25.2 Å². The van der Waals surface area contributed by atoms with Crippen molar-refractivity contribution in [1.29, 1.82) is 0 Å². The van der Waals surface area contributed by atoms with E-state index in [0.29, 0.717) is 45.8 Å². The van der Waals surface area contributed by atoms with Gasteiger partial charge in [-0.05, 0) is 26.7 Å². The number of guanidine groups is 1. The van der Waals surface area contributed by atoms with Crippen LogP contribution in [0.15, 0.2) is 4.99 Å². The zero-order valence-electron chi connectivity index (χ0n) is 15.7. The SMILES string of the molecule is CCOCC(C)OCCOCC(O)CNC(CCCN=C(N)N)C(=O)O. The third kappa shape index (κ3) is 14.8. The number of nitrogens with two attached hydrogens (primary N) is 2. The number of aliphatic carboxylic acids is 1. The summed E-state index contributed by atoms with van der Waals surface area (Å²) in [6, 6.07) is -0.776. The van der Waals surface area contributed by atoms with E-state index in [1.807, 2.05) is 13.8 Å². The van der Waals surface area contributed by atoms with Crippen LogP contribution in [0.4, 0.5) is 0 Å². The van der Waals surface area contributed by atoms with E-state index in [1.54, 1.807) is 0 Å². The fourth-order valence-electron chi connectivity index (χ4n) is 2.01. The standard InChI is InChI=1S/C16H34N4O6/c1-3-24-10-12(2)26-8-7-25-11-13(21)9-20-14(15(22)23)5-4-6-19-16(17)18/h12-14,20-21H,3-11H2,1-2H3,(H,22,23)(H4,17,18,19). The molecule has 0 aliphatic heterocycles. The molecule has 0 heterocycles. The quantitative estimate of drug-likeness (QED) is 0.120. The number of ether oxygens (including phenoxy) is 3. The molecule has 0 aromatic heterocycles. The fraction of sp³-hybridized carbons (Fsp3) is 0.875. The van der Waals surface area contributed by atoms with Gasteiger partial charge in [0.2, 0.25) is 0 Å². The summed E-state index contributed by atoms with van der Waals surface area (Å²) in [7, 11) is 0. The van der Waals surface area contributed by atoms with E-state index < -0.39 is 18.1 Å². The Morgan fingerprint density at radius 2 is 1.96 bits per heavy atom. The number of nitrogens with one attached hydrogen (secondary N) is 1. The van der Waals surface area contributed by atoms with Crippen LogP contribution in [0.1, 0.15) is 26.7 Å². The van der Waals surface area contributed by atoms with Gasteiger partial charge in [-0.25, -0.2) is 0 Å². The lowest BCUT2D eigenvalue weighted by Crippen LogP contribution is -2.42. The van der Waals surface area contributed by atoms with Crippen LogP contribution in [-0.4, -0.2) is 86.5 Å². The third-order valence-corrected chi connectivity index (χ3v) is 3.34. The minimum absolute atomic E-state index is 0.0135. The molecule has 10 nitrogen and oxygen atoms in total. The Kier molecular flexibility index (Phi) is 14.9. The first-order valence-corrected chi connectivity index (χ1v) is 8.83. The summed E-state index contributed by atoms with van der Waals surface area (Å²) in [5.74, 6) is -1.01. The first-order valence-electron chi connectivity index (χ1n) is 8.83. The smallest absolute Gasteiger partial charge is 0.320 e. The van der Waals surface area contributed by atoms with E-state index in [9.17, 15) is 9.90 Å². The van der Waals surface area contributed by atoms with Crippen LogP contribution < -0.4 is 16.8 Å². The molecule has 0 saturated heterocycles. The maximum atomic E-state index is 11.2. The number of aliphatic hydroxyl groups excluding tert-OH is 1. The predicted octanol–water partition coefficient (Wildman–Crippen LogP) is -1.10. The Balaban J connectivity index is 3.80. The number of aliphatic hydroxyl groups is 1. The van der Waals surface area contributed by atoms with Crippen molar-refractivity contribution in [2.75, 3.05) is 46.1 Å². The van der Waals surface area contributed by atoms with Crippen molar-refractivity contribution >= 4 is 11.9 Å². The van der Waals surface area contributed by atoms with E-state index in [1.165, 1.54) is 0 Å². The van der Waals surface area contributed by atoms with Crippen molar-refractivity contribution in [2.24, 2.45) is 16.5 Å². The second-order valence-electron chi connectivity index (χ2n) is 5.82. The third-order valence-electron chi connectivity index (χ3n) is 3.34. The average Bonchev–Trinajstić information content (AvgIpc) is 2.58. The van der Waals surface area contributed by atoms with E-state index in [4.69, 9.17) is 30.8 Å². The molecule has 0 aliphatic carbocycles. The highest BCUT2D eigenvalue weighted by atomic mass is 16.6. The minimum atomic E-state index is -0.987. The van der Waals surface area contributed by atoms with Crippen LogP contribution in [0.2, 0.25) is 0 Å². The van der Waals surface area contributed by atoms with Gasteiger partial charge in [0.05, 0.1) is 38.6 Å². The van der Waals surface area contributed by atoms with Gasteiger partial charge in [0.15, 0.2) is 5.96 Å². The minimum Gasteiger partial charge on any atom is -0.480 e. The fourth-order valence-corrected chi connectivity index (χ4v) is 2.01. The normalized spacial score (nSPS) is 14.6. The first kappa shape index (κ1) is 24.5. The highest BCUT2D eigenvalue weighted by Gasteiger charge is 2.17. The first-order chi connectivity index (χ1) is 12.4. The van der Waals surface area contributed by atoms with Gasteiger partial charge in [-0.2, -0.15) is 0 Å². The van der Waals surface area contributed by atoms with Gasteiger partial charge in [0.1, 0.15) is 6.04 Å². The second-order valence-corrected chi connectivity index (χ2v) is 5.82. The molecule has 0 spiro atoms. The zero-order chi connectivity index (χ0) is 19.8. The molecule has 0 amide bonds. The Labute approximate surface area is 154 Å². The van der Waals surface area contributed by atoms with Gasteiger partial charge in [0, 0.05) is 19.7 Å². The van der Waals surface area contributed by atoms with E-state index in [2.05, 4.69) is 10.3 Å². The lowest BCUT2D eigenvalue weighted by Gasteiger charge is -2.18. The van der Waals surface area contributed by atoms with Crippen LogP contribution in [0.25, 0.3) is 0 Å². The molecule has 0 rings (SSSR count). The molecule has 0 aromatic carbocycles. The van der Waals surface area contributed by atoms with E-state index in [0.717, 1.165) is 0 Å². The molecular formula is C16H34N4O6. The van der Waals surface area contributed by atoms with Gasteiger partial charge in [0.25, 0.3) is 0 Å². The van der Waals surface area contributed by atoms with Gasteiger partial charge in [-0.1, -0.05) is 0 Å². The molecule has 0 aliphatic rings. The van der Waals surface area contributed by atoms with Crippen molar-refractivity contribution in [1.82, 2.24) is 5.32 Å². The lowest BCUT2D eigenvalue weighted by molar-refractivity contribution is -0.139. The average molecular weight is 378 g/mol. The van der Waals surface area contributed by atoms with Crippen LogP contribution in [0.3, 0.4) is 0 Å². The largest absolute Gasteiger partial charge is 0.480 e. The van der Waals surface area contributed by atoms with Crippen molar-refractivity contribution in [3.05, 3.63) is 0 Å². The Hall–Kier alpha value is -1.46. The Bertz CT molecular complexity index is 393. The second kappa shape index (κ2) is 15.8. The van der Waals surface area contributed by atoms with Gasteiger partial charge < -0.3 is 41.2 Å². The van der Waals surface area contributed by atoms with E-state index >= 15 is 0 Å². The molecule has 7 N–H and O–H groups in total. The molecule has 0 bridgehead atoms. The summed E-state index contributed by atoms with van der Waals surface area (Å²) in [6.07, 6.45) is 0.0487. The molecule has 26 heavy (non-hydrogen) atoms. The molecular weight excluding hydrogens is 344 g/mol. The number of carboxylic acids is 1. The van der Waals surface area contributed by atoms with Crippen molar-refractivity contribution in [3.63, 3.8) is 0 Å². The molecule has 0 aromatic rings. The highest BCUT2D eigenvalue weighted by molar-refractivity contribution is 5.75. The summed E-state index contributed by atoms with van der Waals surface area (Å²) < 4.78 is 16.0. The summed E-state index contributed by atoms with van der Waals surface area (Å²) >= 11 is 0. The van der Waals surface area contributed by atoms with Crippen molar-refractivity contribution in [2.45, 2.75) is 44.9 Å². The van der Waals surface area contributed by atoms with Gasteiger partial charge in [-0.15, -0.1) is 0 Å². The summed E-state index contributed by atoms with van der Waals surface area (Å²) in [6.45, 7) is 6.32. The molecule has 154 valence electrons. The maximum Gasteiger partial charge on any atom is 0.320 e. The van der Waals surface area contributed by atoms with Gasteiger partial charge >= 0.3 is 5.97 Å². The highest BCUT2D eigenvalue weighted by Crippen LogP contribution is 1.99. The number of rotatable bonds is 17. The topological polar surface area (TPSA) is 162 Å². The molecule has 0 saturated carbocycles. The number of hydrogen-bond donors (Lipinski definition) is 5. The maximum absolute atomic E-state index is 11.2. The van der Waals surface area contributed by atoms with Crippen LogP contribution in [0, 0.1) is 0 Å². The monoisotopic (exact) mass is 378 g/mol. The Morgan fingerprint density at radius 1 is 1.23 bits per heavy atom. The lowest BCUT2D eigenvalue weighted by atomic mass is 10.1. The van der Waals surface area contributed by atoms with Gasteiger partial charge in [-0.3, -0.25) is 9.79 Å². The summed E-state index contributed by atoms with van der Waals surface area (Å²) in [4.78, 5) is 15.0. The molecule has 3 atom stereocenters. The number of carbonyl (C=O) groups is 1. The zero-order valence-corrected chi connectivity index (χ0v) is 15.7. The summed E-state index contributed by atoms with van der Waals surface area (Å²) in [5, 5.41) is 21.8. The molecule has 10 heteroatoms. The molecule has 0 radical (unpaired) electrons. The van der Waals surface area contributed by atoms with Crippen LogP contribution in [-0.2, 0) is 19.0 Å². The number of carboxylic acid groups (broad SMARTS) is 1. The van der Waals surface area contributed by atoms with Crippen LogP contribution >= 0.6 is 0 Å². The molecule has 0 fully saturated rings. The predicted molar refractivity (Wildman–Crippen MR) is 98.1 cm³/mol. The number of aliphatic imine (C=N–C) groups is 1. The van der Waals surface area contributed by atoms with Crippen LogP contribution in [0.5, 0.6) is 0 Å². The van der Waals surface area contributed by atoms with Crippen molar-refractivity contribution in [3.8, 4) is 0 Å². The van der Waals surface area contributed by atoms with Crippen molar-refractivity contribution < 1.29 is 29.2 Å². The molecule has 3 unspecified atom stereocenters. The number of nitrogens with zero attached hydrogens (tertiary/aromatic N) is 1.